The number of hydrogen-bond donors (Lipinski definition) is 1. The zero-order valence-electron chi connectivity index (χ0n) is 7.56. The molecule has 2 N–H and O–H groups in total. The fourth-order valence-corrected chi connectivity index (χ4v) is 1.54. The number of rotatable bonds is 2. The molecule has 0 aliphatic carbocycles. The first-order valence-corrected chi connectivity index (χ1v) is 4.89. The quantitative estimate of drug-likeness (QED) is 0.891. The van der Waals surface area contributed by atoms with E-state index in [9.17, 15) is 4.39 Å². The SMILES string of the molecule is Nc1nc(Br)n(Cc2cncc(F)c2)n1. The molecule has 0 atom stereocenters. The normalized spacial score (nSPS) is 10.5. The van der Waals surface area contributed by atoms with Crippen molar-refractivity contribution in [3.05, 3.63) is 34.6 Å². The minimum absolute atomic E-state index is 0.172. The third-order valence-corrected chi connectivity index (χ3v) is 2.32. The highest BCUT2D eigenvalue weighted by atomic mass is 79.9. The van der Waals surface area contributed by atoms with E-state index in [0.717, 1.165) is 6.20 Å². The first kappa shape index (κ1) is 10.0. The van der Waals surface area contributed by atoms with Crippen LogP contribution in [0.2, 0.25) is 0 Å². The molecule has 0 spiro atoms. The number of hydrogen-bond acceptors (Lipinski definition) is 4. The molecule has 0 saturated heterocycles. The molecule has 15 heavy (non-hydrogen) atoms. The molecule has 78 valence electrons. The van der Waals surface area contributed by atoms with Crippen LogP contribution >= 0.6 is 15.9 Å². The van der Waals surface area contributed by atoms with Gasteiger partial charge in [-0.1, -0.05) is 0 Å². The van der Waals surface area contributed by atoms with Gasteiger partial charge in [0.2, 0.25) is 5.95 Å². The summed E-state index contributed by atoms with van der Waals surface area (Å²) in [7, 11) is 0. The van der Waals surface area contributed by atoms with Gasteiger partial charge in [-0.25, -0.2) is 9.07 Å². The van der Waals surface area contributed by atoms with E-state index in [-0.39, 0.29) is 11.8 Å². The van der Waals surface area contributed by atoms with Crippen LogP contribution in [0, 0.1) is 5.82 Å². The van der Waals surface area contributed by atoms with Crippen LogP contribution in [0.3, 0.4) is 0 Å². The first-order chi connectivity index (χ1) is 7.15. The predicted octanol–water partition coefficient (Wildman–Crippen LogP) is 1.21. The van der Waals surface area contributed by atoms with Gasteiger partial charge in [0.15, 0.2) is 4.73 Å². The smallest absolute Gasteiger partial charge is 0.240 e. The molecular formula is C8H7BrFN5. The molecule has 2 aromatic heterocycles. The van der Waals surface area contributed by atoms with Crippen LogP contribution in [-0.2, 0) is 6.54 Å². The van der Waals surface area contributed by atoms with Gasteiger partial charge in [0.05, 0.1) is 12.7 Å². The Morgan fingerprint density at radius 3 is 2.87 bits per heavy atom. The van der Waals surface area contributed by atoms with Crippen molar-refractivity contribution in [2.24, 2.45) is 0 Å². The maximum Gasteiger partial charge on any atom is 0.240 e. The highest BCUT2D eigenvalue weighted by molar-refractivity contribution is 9.10. The summed E-state index contributed by atoms with van der Waals surface area (Å²) in [5.74, 6) is -0.206. The van der Waals surface area contributed by atoms with Crippen LogP contribution < -0.4 is 5.73 Å². The van der Waals surface area contributed by atoms with E-state index in [1.54, 1.807) is 6.20 Å². The summed E-state index contributed by atoms with van der Waals surface area (Å²) in [5.41, 5.74) is 6.10. The van der Waals surface area contributed by atoms with E-state index >= 15 is 0 Å². The van der Waals surface area contributed by atoms with Gasteiger partial charge in [0, 0.05) is 6.20 Å². The highest BCUT2D eigenvalue weighted by Crippen LogP contribution is 2.11. The standard InChI is InChI=1S/C8H7BrFN5/c9-7-13-8(11)14-15(7)4-5-1-6(10)3-12-2-5/h1-3H,4H2,(H2,11,14). The molecule has 0 bridgehead atoms. The topological polar surface area (TPSA) is 69.6 Å². The summed E-state index contributed by atoms with van der Waals surface area (Å²) in [5, 5.41) is 3.92. The first-order valence-electron chi connectivity index (χ1n) is 4.10. The van der Waals surface area contributed by atoms with Gasteiger partial charge in [0.25, 0.3) is 0 Å². The number of nitrogens with zero attached hydrogens (tertiary/aromatic N) is 4. The number of halogens is 2. The zero-order chi connectivity index (χ0) is 10.8. The average molecular weight is 272 g/mol. The molecule has 2 aromatic rings. The summed E-state index contributed by atoms with van der Waals surface area (Å²) in [4.78, 5) is 7.60. The number of nitrogens with two attached hydrogens (primary N) is 1. The van der Waals surface area contributed by atoms with Gasteiger partial charge in [0.1, 0.15) is 5.82 Å². The molecular weight excluding hydrogens is 265 g/mol. The van der Waals surface area contributed by atoms with Gasteiger partial charge in [-0.2, -0.15) is 4.98 Å². The molecule has 0 saturated carbocycles. The van der Waals surface area contributed by atoms with Crippen LogP contribution in [0.1, 0.15) is 5.56 Å². The van der Waals surface area contributed by atoms with Crippen molar-refractivity contribution < 1.29 is 4.39 Å². The second kappa shape index (κ2) is 3.93. The van der Waals surface area contributed by atoms with E-state index in [1.165, 1.54) is 10.7 Å². The number of anilines is 1. The van der Waals surface area contributed by atoms with Crippen molar-refractivity contribution in [1.82, 2.24) is 19.7 Å². The Morgan fingerprint density at radius 1 is 1.47 bits per heavy atom. The Balaban J connectivity index is 2.25. The second-order valence-corrected chi connectivity index (χ2v) is 3.62. The fourth-order valence-electron chi connectivity index (χ4n) is 1.16. The molecule has 0 amide bonds. The Labute approximate surface area is 93.3 Å². The van der Waals surface area contributed by atoms with E-state index in [1.807, 2.05) is 0 Å². The van der Waals surface area contributed by atoms with Crippen LogP contribution in [0.25, 0.3) is 0 Å². The maximum atomic E-state index is 12.8. The van der Waals surface area contributed by atoms with E-state index in [0.29, 0.717) is 16.8 Å². The molecule has 2 rings (SSSR count). The average Bonchev–Trinajstić information content (AvgIpc) is 2.45. The predicted molar refractivity (Wildman–Crippen MR) is 55.4 cm³/mol. The molecule has 5 nitrogen and oxygen atoms in total. The fraction of sp³-hybridized carbons (Fsp3) is 0.125. The van der Waals surface area contributed by atoms with E-state index < -0.39 is 0 Å². The zero-order valence-corrected chi connectivity index (χ0v) is 9.15. The lowest BCUT2D eigenvalue weighted by atomic mass is 10.3. The Bertz CT molecular complexity index is 484. The third kappa shape index (κ3) is 2.30. The van der Waals surface area contributed by atoms with Gasteiger partial charge in [-0.05, 0) is 27.6 Å². The lowest BCUT2D eigenvalue weighted by Crippen LogP contribution is -2.03. The van der Waals surface area contributed by atoms with Crippen LogP contribution in [0.5, 0.6) is 0 Å². The van der Waals surface area contributed by atoms with E-state index in [4.69, 9.17) is 5.73 Å². The highest BCUT2D eigenvalue weighted by Gasteiger charge is 2.05. The molecule has 0 radical (unpaired) electrons. The minimum Gasteiger partial charge on any atom is -0.366 e. The lowest BCUT2D eigenvalue weighted by molar-refractivity contribution is 0.609. The van der Waals surface area contributed by atoms with Gasteiger partial charge < -0.3 is 5.73 Å². The van der Waals surface area contributed by atoms with Crippen LogP contribution in [0.15, 0.2) is 23.2 Å². The van der Waals surface area contributed by atoms with Gasteiger partial charge >= 0.3 is 0 Å². The summed E-state index contributed by atoms with van der Waals surface area (Å²) in [6.07, 6.45) is 2.71. The Kier molecular flexibility index (Phi) is 2.63. The molecule has 0 unspecified atom stereocenters. The van der Waals surface area contributed by atoms with Crippen molar-refractivity contribution in [2.75, 3.05) is 5.73 Å². The monoisotopic (exact) mass is 271 g/mol. The van der Waals surface area contributed by atoms with Crippen molar-refractivity contribution >= 4 is 21.9 Å². The third-order valence-electron chi connectivity index (χ3n) is 1.74. The summed E-state index contributed by atoms with van der Waals surface area (Å²) in [6.45, 7) is 0.371. The van der Waals surface area contributed by atoms with E-state index in [2.05, 4.69) is 31.0 Å². The molecule has 0 aliphatic rings. The van der Waals surface area contributed by atoms with Crippen molar-refractivity contribution in [2.45, 2.75) is 6.54 Å². The summed E-state index contributed by atoms with van der Waals surface area (Å²) < 4.78 is 14.9. The largest absolute Gasteiger partial charge is 0.366 e. The molecule has 0 aliphatic heterocycles. The van der Waals surface area contributed by atoms with Crippen LogP contribution in [-0.4, -0.2) is 19.7 Å². The second-order valence-electron chi connectivity index (χ2n) is 2.91. The number of nitrogen functional groups attached to an aromatic ring is 1. The van der Waals surface area contributed by atoms with Crippen LogP contribution in [0.4, 0.5) is 10.3 Å². The van der Waals surface area contributed by atoms with Crippen molar-refractivity contribution in [1.29, 1.82) is 0 Å². The maximum absolute atomic E-state index is 12.8. The molecule has 2 heterocycles. The number of pyridine rings is 1. The Morgan fingerprint density at radius 2 is 2.27 bits per heavy atom. The van der Waals surface area contributed by atoms with Crippen molar-refractivity contribution in [3.63, 3.8) is 0 Å². The molecule has 0 aromatic carbocycles. The number of aromatic nitrogens is 4. The Hall–Kier alpha value is -1.50. The van der Waals surface area contributed by atoms with Gasteiger partial charge in [-0.15, -0.1) is 5.10 Å². The molecule has 7 heteroatoms. The molecule has 0 fully saturated rings. The summed E-state index contributed by atoms with van der Waals surface area (Å²) in [6, 6.07) is 1.39. The summed E-state index contributed by atoms with van der Waals surface area (Å²) >= 11 is 3.19. The lowest BCUT2D eigenvalue weighted by Gasteiger charge is -2.01. The minimum atomic E-state index is -0.378. The van der Waals surface area contributed by atoms with Crippen molar-refractivity contribution in [3.8, 4) is 0 Å². The van der Waals surface area contributed by atoms with Gasteiger partial charge in [-0.3, -0.25) is 4.98 Å².